The van der Waals surface area contributed by atoms with Gasteiger partial charge in [0.15, 0.2) is 15.6 Å². The molecule has 328 valence electrons. The van der Waals surface area contributed by atoms with Crippen LogP contribution in [0.5, 0.6) is 0 Å². The van der Waals surface area contributed by atoms with Gasteiger partial charge in [-0.25, -0.2) is 13.2 Å². The predicted octanol–water partition coefficient (Wildman–Crippen LogP) is 2.77. The molecule has 4 aromatic carbocycles. The molecule has 0 radical (unpaired) electrons. The fraction of sp³-hybridized carbons (Fsp3) is 0.143. The molecule has 0 amide bonds. The Hall–Kier alpha value is -5.91. The van der Waals surface area contributed by atoms with Gasteiger partial charge in [0.2, 0.25) is 0 Å². The minimum Gasteiger partial charge on any atom is -0.481 e. The molecule has 22 nitrogen and oxygen atoms in total. The first-order valence-corrected chi connectivity index (χ1v) is 24.4. The van der Waals surface area contributed by atoms with Crippen LogP contribution in [0.15, 0.2) is 89.9 Å². The molecular formula is C35H28N2O20S5. The lowest BCUT2D eigenvalue weighted by atomic mass is 9.81. The SMILES string of the molecule is Cc1ccc(COC(=O)c2c3c4c(c(Nc5c(S(=O)(=O)O)cc(S(=O)(=O)CCCC(=O)O)cc5S(=O)(=O)O)cc(S(=O)(=O)O)c4[nH]c2=O)C(=O)c2ccccc2-3)cc1S(=O)(=O)O. The van der Waals surface area contributed by atoms with Crippen LogP contribution in [0.3, 0.4) is 0 Å². The molecule has 1 aromatic heterocycles. The second-order valence-corrected chi connectivity index (χ2v) is 21.1. The summed E-state index contributed by atoms with van der Waals surface area (Å²) in [6.07, 6.45) is -1.27. The van der Waals surface area contributed by atoms with Gasteiger partial charge in [0.1, 0.15) is 26.9 Å². The number of carbonyl (C=O) groups excluding carboxylic acids is 2. The maximum Gasteiger partial charge on any atom is 0.344 e. The Morgan fingerprint density at radius 1 is 0.710 bits per heavy atom. The molecule has 1 aliphatic carbocycles. The third-order valence-corrected chi connectivity index (χ3v) is 14.7. The van der Waals surface area contributed by atoms with Gasteiger partial charge in [0.25, 0.3) is 46.0 Å². The molecule has 6 rings (SSSR count). The zero-order valence-corrected chi connectivity index (χ0v) is 35.1. The summed E-state index contributed by atoms with van der Waals surface area (Å²) in [5.41, 5.74) is -7.21. The number of H-pyrrole nitrogens is 1. The zero-order valence-electron chi connectivity index (χ0n) is 31.0. The second-order valence-electron chi connectivity index (χ2n) is 13.4. The number of aliphatic carboxylic acids is 1. The average Bonchev–Trinajstić information content (AvgIpc) is 3.14. The van der Waals surface area contributed by atoms with Crippen LogP contribution in [0.4, 0.5) is 11.4 Å². The van der Waals surface area contributed by atoms with Gasteiger partial charge < -0.3 is 20.1 Å². The monoisotopic (exact) mass is 956 g/mol. The van der Waals surface area contributed by atoms with Crippen LogP contribution in [0.1, 0.15) is 50.2 Å². The number of ketones is 1. The van der Waals surface area contributed by atoms with Crippen LogP contribution in [0.2, 0.25) is 0 Å². The number of carbonyl (C=O) groups is 3. The smallest absolute Gasteiger partial charge is 0.344 e. The second kappa shape index (κ2) is 15.8. The van der Waals surface area contributed by atoms with Crippen molar-refractivity contribution in [3.05, 3.63) is 98.8 Å². The van der Waals surface area contributed by atoms with Crippen molar-refractivity contribution >= 4 is 90.3 Å². The number of aryl methyl sites for hydroxylation is 1. The molecule has 0 saturated carbocycles. The number of rotatable bonds is 14. The Morgan fingerprint density at radius 2 is 1.27 bits per heavy atom. The summed E-state index contributed by atoms with van der Waals surface area (Å²) in [7, 11) is -26.7. The van der Waals surface area contributed by atoms with Gasteiger partial charge in [0.05, 0.1) is 38.0 Å². The van der Waals surface area contributed by atoms with Crippen LogP contribution in [-0.2, 0) is 66.4 Å². The Kier molecular flexibility index (Phi) is 11.6. The third-order valence-electron chi connectivity index (χ3n) is 9.33. The van der Waals surface area contributed by atoms with Crippen molar-refractivity contribution in [1.29, 1.82) is 0 Å². The number of carboxylic acids is 1. The normalized spacial score (nSPS) is 13.1. The van der Waals surface area contributed by atoms with Crippen LogP contribution in [0, 0.1) is 6.92 Å². The first-order chi connectivity index (χ1) is 28.5. The summed E-state index contributed by atoms with van der Waals surface area (Å²) < 4.78 is 173. The maximum absolute atomic E-state index is 14.4. The molecule has 0 spiro atoms. The van der Waals surface area contributed by atoms with Crippen molar-refractivity contribution < 1.29 is 84.5 Å². The molecule has 5 aromatic rings. The van der Waals surface area contributed by atoms with Crippen LogP contribution < -0.4 is 10.9 Å². The molecule has 0 bridgehead atoms. The van der Waals surface area contributed by atoms with Gasteiger partial charge in [-0.1, -0.05) is 36.4 Å². The van der Waals surface area contributed by atoms with E-state index in [1.807, 2.05) is 0 Å². The van der Waals surface area contributed by atoms with Crippen LogP contribution >= 0.6 is 0 Å². The van der Waals surface area contributed by atoms with Crippen molar-refractivity contribution in [2.45, 2.75) is 50.8 Å². The zero-order chi connectivity index (χ0) is 46.1. The minimum absolute atomic E-state index is 0.0118. The number of ether oxygens (including phenoxy) is 1. The van der Waals surface area contributed by atoms with E-state index in [0.717, 1.165) is 6.07 Å². The maximum atomic E-state index is 14.4. The number of anilines is 2. The summed E-state index contributed by atoms with van der Waals surface area (Å²) in [6, 6.07) is 9.46. The van der Waals surface area contributed by atoms with Crippen molar-refractivity contribution in [3.63, 3.8) is 0 Å². The Balaban J connectivity index is 1.66. The first-order valence-electron chi connectivity index (χ1n) is 17.0. The molecule has 27 heteroatoms. The number of aromatic amines is 1. The highest BCUT2D eigenvalue weighted by molar-refractivity contribution is 7.91. The molecule has 1 aliphatic rings. The predicted molar refractivity (Wildman–Crippen MR) is 212 cm³/mol. The highest BCUT2D eigenvalue weighted by Crippen LogP contribution is 2.46. The molecule has 0 fully saturated rings. The quantitative estimate of drug-likeness (QED) is 0.0609. The summed E-state index contributed by atoms with van der Waals surface area (Å²) >= 11 is 0. The number of nitrogens with one attached hydrogen (secondary N) is 2. The summed E-state index contributed by atoms with van der Waals surface area (Å²) in [5.74, 6) is -5.00. The Morgan fingerprint density at radius 3 is 1.82 bits per heavy atom. The lowest BCUT2D eigenvalue weighted by molar-refractivity contribution is -0.137. The summed E-state index contributed by atoms with van der Waals surface area (Å²) in [4.78, 5) is 49.0. The number of carboxylic acid groups (broad SMARTS) is 1. The van der Waals surface area contributed by atoms with E-state index in [9.17, 15) is 79.5 Å². The number of esters is 1. The number of hydrogen-bond acceptors (Lipinski definition) is 16. The lowest BCUT2D eigenvalue weighted by Gasteiger charge is -2.25. The number of pyridine rings is 1. The van der Waals surface area contributed by atoms with Gasteiger partial charge in [-0.15, -0.1) is 0 Å². The molecule has 7 N–H and O–H groups in total. The minimum atomic E-state index is -5.78. The molecule has 62 heavy (non-hydrogen) atoms. The molecule has 0 saturated heterocycles. The van der Waals surface area contributed by atoms with Gasteiger partial charge in [-0.3, -0.25) is 32.6 Å². The number of sulfone groups is 1. The Bertz CT molecular complexity index is 3420. The molecule has 0 atom stereocenters. The van der Waals surface area contributed by atoms with E-state index < -0.39 is 162 Å². The van der Waals surface area contributed by atoms with Crippen molar-refractivity contribution in [3.8, 4) is 11.1 Å². The van der Waals surface area contributed by atoms with E-state index in [0.29, 0.717) is 6.07 Å². The van der Waals surface area contributed by atoms with Crippen LogP contribution in [0.25, 0.3) is 22.0 Å². The van der Waals surface area contributed by atoms with E-state index in [2.05, 4.69) is 10.3 Å². The average molecular weight is 957 g/mol. The van der Waals surface area contributed by atoms with Crippen LogP contribution in [-0.4, -0.2) is 93.9 Å². The molecular weight excluding hydrogens is 929 g/mol. The largest absolute Gasteiger partial charge is 0.481 e. The third kappa shape index (κ3) is 8.74. The number of hydrogen-bond donors (Lipinski definition) is 7. The van der Waals surface area contributed by atoms with E-state index in [4.69, 9.17) is 9.84 Å². The first kappa shape index (κ1) is 45.6. The number of aromatic nitrogens is 1. The van der Waals surface area contributed by atoms with Crippen molar-refractivity contribution in [1.82, 2.24) is 4.98 Å². The summed E-state index contributed by atoms with van der Waals surface area (Å²) in [6.45, 7) is 0.616. The number of fused-ring (bicyclic) bond motifs is 2. The fourth-order valence-corrected chi connectivity index (χ4v) is 11.1. The Labute approximate surface area is 350 Å². The fourth-order valence-electron chi connectivity index (χ4n) is 6.66. The van der Waals surface area contributed by atoms with Gasteiger partial charge in [-0.05, 0) is 54.3 Å². The van der Waals surface area contributed by atoms with E-state index in [1.165, 1.54) is 43.3 Å². The van der Waals surface area contributed by atoms with E-state index in [-0.39, 0.29) is 34.4 Å². The van der Waals surface area contributed by atoms with E-state index in [1.54, 1.807) is 0 Å². The molecule has 0 unspecified atom stereocenters. The molecule has 1 heterocycles. The topological polar surface area (TPSA) is 377 Å². The number of benzene rings is 4. The highest BCUT2D eigenvalue weighted by atomic mass is 32.2. The summed E-state index contributed by atoms with van der Waals surface area (Å²) in [5, 5.41) is 10.4. The van der Waals surface area contributed by atoms with Gasteiger partial charge in [-0.2, -0.15) is 33.7 Å². The van der Waals surface area contributed by atoms with Crippen molar-refractivity contribution in [2.75, 3.05) is 11.1 Å². The highest BCUT2D eigenvalue weighted by Gasteiger charge is 2.38. The van der Waals surface area contributed by atoms with Crippen molar-refractivity contribution in [2.24, 2.45) is 0 Å². The van der Waals surface area contributed by atoms with E-state index >= 15 is 0 Å². The standard InChI is InChI=1S/C35H28N2O20S5/c1-16-8-9-17(11-22(16)59(45,46)47)15-57-35(42)30-27-19-5-2-3-6-20(19)33(40)28-21(14-25(62(54,55)56)32(29(27)28)37-34(30)41)36-31-23(60(48,49)50)12-18(13-24(31)61(51,52)53)58(43,44)10-4-7-26(38)39/h2-3,5-6,8-9,11-14,36H,4,7,10,15H2,1H3,(H,37,41)(H,38,39)(H,45,46,47)(H,48,49,50)(H,51,52,53)(H,54,55,56). The van der Waals surface area contributed by atoms with Gasteiger partial charge in [0, 0.05) is 22.9 Å². The molecule has 0 aliphatic heterocycles. The lowest BCUT2D eigenvalue weighted by Crippen LogP contribution is -2.26. The van der Waals surface area contributed by atoms with Gasteiger partial charge >= 0.3 is 11.9 Å².